The van der Waals surface area contributed by atoms with Crippen molar-refractivity contribution < 1.29 is 35.5 Å². The fraction of sp³-hybridized carbons (Fsp3) is 0.391. The minimum Gasteiger partial charge on any atom is -0.493 e. The molecule has 1 fully saturated rings. The Bertz CT molecular complexity index is 1340. The zero-order valence-corrected chi connectivity index (χ0v) is 20.8. The van der Waals surface area contributed by atoms with Crippen LogP contribution >= 0.6 is 11.5 Å². The predicted octanol–water partition coefficient (Wildman–Crippen LogP) is 5.04. The summed E-state index contributed by atoms with van der Waals surface area (Å²) in [6.45, 7) is 0.589. The lowest BCUT2D eigenvalue weighted by atomic mass is 9.88. The number of sulfonamides is 1. The minimum atomic E-state index is -4.75. The molecule has 14 heteroatoms. The van der Waals surface area contributed by atoms with E-state index in [0.717, 1.165) is 17.1 Å². The molecule has 2 aliphatic heterocycles. The Morgan fingerprint density at radius 1 is 1.11 bits per heavy atom. The molecule has 1 N–H and O–H groups in total. The number of rotatable bonds is 6. The molecule has 1 aromatic heterocycles. The summed E-state index contributed by atoms with van der Waals surface area (Å²) in [6.07, 6.45) is -3.79. The summed E-state index contributed by atoms with van der Waals surface area (Å²) < 4.78 is 94.4. The van der Waals surface area contributed by atoms with E-state index in [-0.39, 0.29) is 28.9 Å². The Morgan fingerprint density at radius 3 is 2.59 bits per heavy atom. The van der Waals surface area contributed by atoms with Crippen LogP contribution in [0.3, 0.4) is 0 Å². The highest BCUT2D eigenvalue weighted by Crippen LogP contribution is 2.45. The second-order valence-electron chi connectivity index (χ2n) is 8.72. The van der Waals surface area contributed by atoms with Crippen LogP contribution < -0.4 is 9.46 Å². The molecule has 198 valence electrons. The van der Waals surface area contributed by atoms with Crippen LogP contribution in [0.1, 0.15) is 42.5 Å². The number of alkyl halides is 3. The van der Waals surface area contributed by atoms with E-state index in [1.165, 1.54) is 30.6 Å². The molecule has 3 atom stereocenters. The van der Waals surface area contributed by atoms with Gasteiger partial charge in [0.2, 0.25) is 5.13 Å². The smallest absolute Gasteiger partial charge is 0.493 e. The van der Waals surface area contributed by atoms with Crippen molar-refractivity contribution >= 4 is 26.7 Å². The van der Waals surface area contributed by atoms with Crippen molar-refractivity contribution in [2.45, 2.75) is 48.7 Å². The Kier molecular flexibility index (Phi) is 7.09. The molecule has 1 saturated heterocycles. The fourth-order valence-electron chi connectivity index (χ4n) is 4.89. The van der Waals surface area contributed by atoms with Crippen molar-refractivity contribution in [3.05, 3.63) is 65.7 Å². The maximum Gasteiger partial charge on any atom is 0.522 e. The van der Waals surface area contributed by atoms with Crippen LogP contribution in [0.5, 0.6) is 5.75 Å². The van der Waals surface area contributed by atoms with Gasteiger partial charge in [0.1, 0.15) is 17.9 Å². The predicted molar refractivity (Wildman–Crippen MR) is 126 cm³/mol. The van der Waals surface area contributed by atoms with Gasteiger partial charge in [-0.15, -0.1) is 13.2 Å². The van der Waals surface area contributed by atoms with Crippen molar-refractivity contribution in [3.63, 3.8) is 0 Å². The van der Waals surface area contributed by atoms with Crippen LogP contribution in [0.2, 0.25) is 0 Å². The van der Waals surface area contributed by atoms with E-state index >= 15 is 0 Å². The zero-order chi connectivity index (χ0) is 26.2. The van der Waals surface area contributed by atoms with Crippen molar-refractivity contribution in [1.82, 2.24) is 14.3 Å². The van der Waals surface area contributed by atoms with Crippen LogP contribution in [0.25, 0.3) is 0 Å². The van der Waals surface area contributed by atoms with Gasteiger partial charge in [0.15, 0.2) is 0 Å². The highest BCUT2D eigenvalue weighted by atomic mass is 32.2. The van der Waals surface area contributed by atoms with Crippen molar-refractivity contribution in [2.24, 2.45) is 0 Å². The maximum absolute atomic E-state index is 13.6. The fourth-order valence-corrected chi connectivity index (χ4v) is 6.56. The first-order chi connectivity index (χ1) is 17.6. The van der Waals surface area contributed by atoms with Gasteiger partial charge in [0.05, 0.1) is 17.6 Å². The van der Waals surface area contributed by atoms with Gasteiger partial charge in [-0.25, -0.2) is 17.8 Å². The van der Waals surface area contributed by atoms with E-state index in [0.29, 0.717) is 30.9 Å². The van der Waals surface area contributed by atoms with Crippen LogP contribution in [-0.4, -0.2) is 48.3 Å². The average Bonchev–Trinajstić information content (AvgIpc) is 3.35. The third-order valence-electron chi connectivity index (χ3n) is 6.44. The quantitative estimate of drug-likeness (QED) is 0.424. The second kappa shape index (κ2) is 10.2. The number of aromatic nitrogens is 2. The van der Waals surface area contributed by atoms with Crippen molar-refractivity contribution in [1.29, 1.82) is 0 Å². The number of hydrogen-bond acceptors (Lipinski definition) is 8. The summed E-state index contributed by atoms with van der Waals surface area (Å²) >= 11 is 0.901. The van der Waals surface area contributed by atoms with Crippen LogP contribution in [0.4, 0.5) is 22.7 Å². The van der Waals surface area contributed by atoms with Gasteiger partial charge in [0.25, 0.3) is 10.0 Å². The molecule has 5 rings (SSSR count). The van der Waals surface area contributed by atoms with Gasteiger partial charge in [-0.1, -0.05) is 18.2 Å². The van der Waals surface area contributed by atoms with Gasteiger partial charge in [0, 0.05) is 48.2 Å². The largest absolute Gasteiger partial charge is 0.522 e. The Morgan fingerprint density at radius 2 is 1.89 bits per heavy atom. The van der Waals surface area contributed by atoms with Crippen LogP contribution in [-0.2, 0) is 14.8 Å². The number of nitrogens with zero attached hydrogens (tertiary/aromatic N) is 3. The highest BCUT2D eigenvalue weighted by molar-refractivity contribution is 7.93. The molecule has 8 nitrogen and oxygen atoms in total. The molecule has 37 heavy (non-hydrogen) atoms. The third-order valence-corrected chi connectivity index (χ3v) is 8.48. The second-order valence-corrected chi connectivity index (χ2v) is 11.2. The summed E-state index contributed by atoms with van der Waals surface area (Å²) in [5.41, 5.74) is 1.40. The minimum absolute atomic E-state index is 0.0190. The molecule has 2 aliphatic rings. The van der Waals surface area contributed by atoms with E-state index in [9.17, 15) is 26.0 Å². The molecular formula is C23H22F4N4O4S2. The molecule has 0 amide bonds. The lowest BCUT2D eigenvalue weighted by Crippen LogP contribution is -2.44. The van der Waals surface area contributed by atoms with E-state index in [2.05, 4.69) is 23.7 Å². The van der Waals surface area contributed by atoms with E-state index in [1.54, 1.807) is 18.2 Å². The molecule has 0 bridgehead atoms. The molecule has 3 heterocycles. The molecule has 0 aliphatic carbocycles. The number of likely N-dealkylation sites (tertiary alicyclic amines) is 1. The van der Waals surface area contributed by atoms with Gasteiger partial charge in [-0.2, -0.15) is 4.37 Å². The number of piperidine rings is 1. The van der Waals surface area contributed by atoms with E-state index in [1.807, 2.05) is 0 Å². The average molecular weight is 559 g/mol. The van der Waals surface area contributed by atoms with Crippen LogP contribution in [0.15, 0.2) is 53.7 Å². The van der Waals surface area contributed by atoms with Crippen LogP contribution in [0, 0.1) is 5.82 Å². The lowest BCUT2D eigenvalue weighted by Gasteiger charge is -2.45. The summed E-state index contributed by atoms with van der Waals surface area (Å²) in [6, 6.07) is 9.51. The van der Waals surface area contributed by atoms with Gasteiger partial charge >= 0.3 is 6.36 Å². The maximum atomic E-state index is 13.6. The number of fused-ring (bicyclic) bond motifs is 1. The highest BCUT2D eigenvalue weighted by Gasteiger charge is 2.41. The topological polar surface area (TPSA) is 93.7 Å². The first-order valence-corrected chi connectivity index (χ1v) is 13.7. The van der Waals surface area contributed by atoms with Crippen molar-refractivity contribution in [2.75, 3.05) is 17.9 Å². The van der Waals surface area contributed by atoms with Gasteiger partial charge < -0.3 is 4.74 Å². The third kappa shape index (κ3) is 5.87. The standard InChI is InChI=1S/C23H22F4N4O4S2/c24-15-3-1-14(2-4-15)20-11-16(35-23(25,26)27)7-9-31(20)19-8-10-34-21-12-17(5-6-18(19)21)37(32,33)30-22-28-13-29-36-22/h1-6,12-13,16,19-20H,7-11H2,(H,28,29,30)/t16-,19?,20+/m1/s1. The zero-order valence-electron chi connectivity index (χ0n) is 19.2. The molecule has 0 saturated carbocycles. The number of anilines is 1. The first-order valence-electron chi connectivity index (χ1n) is 11.4. The molecule has 1 unspecified atom stereocenters. The number of ether oxygens (including phenoxy) is 2. The van der Waals surface area contributed by atoms with E-state index in [4.69, 9.17) is 4.74 Å². The lowest BCUT2D eigenvalue weighted by molar-refractivity contribution is -0.347. The molecule has 2 aromatic carbocycles. The molecular weight excluding hydrogens is 536 g/mol. The van der Waals surface area contributed by atoms with E-state index < -0.39 is 34.3 Å². The summed E-state index contributed by atoms with van der Waals surface area (Å²) in [5.74, 6) is -0.0654. The molecule has 0 spiro atoms. The van der Waals surface area contributed by atoms with Gasteiger partial charge in [-0.3, -0.25) is 14.4 Å². The SMILES string of the molecule is O=S(=O)(Nc1ncns1)c1ccc2c(c1)OCCC2N1CC[C@@H](OC(F)(F)F)C[C@H]1c1ccc(F)cc1. The normalized spacial score (nSPS) is 22.8. The summed E-state index contributed by atoms with van der Waals surface area (Å²) in [4.78, 5) is 5.88. The summed E-state index contributed by atoms with van der Waals surface area (Å²) in [7, 11) is -3.94. The van der Waals surface area contributed by atoms with Gasteiger partial charge in [-0.05, 0) is 36.6 Å². The number of benzene rings is 2. The number of halogens is 4. The number of hydrogen-bond donors (Lipinski definition) is 1. The number of nitrogens with one attached hydrogen (secondary N) is 1. The Hall–Kier alpha value is -2.81. The van der Waals surface area contributed by atoms with Crippen molar-refractivity contribution in [3.8, 4) is 5.75 Å². The summed E-state index contributed by atoms with van der Waals surface area (Å²) in [5, 5.41) is 0.127. The molecule has 3 aromatic rings. The Labute approximate surface area is 214 Å². The molecule has 0 radical (unpaired) electrons. The monoisotopic (exact) mass is 558 g/mol. The Balaban J connectivity index is 1.44. The first kappa shape index (κ1) is 25.8.